The lowest BCUT2D eigenvalue weighted by atomic mass is 10.1. The standard InChI is InChI=1S/C26H31N5O3/c1-18(2)16-27-25(33)20-8-4-6-10-22(20)29-24(32)17-30-11-13-31(14-12-30)26(34)23-15-19-7-3-5-9-21(19)28-23/h3-10,15,18,28H,11-14,16-17H2,1-2H3,(H,27,33)(H,29,32). The summed E-state index contributed by atoms with van der Waals surface area (Å²) in [4.78, 5) is 45.1. The first-order chi connectivity index (χ1) is 16.4. The van der Waals surface area contributed by atoms with Crippen molar-refractivity contribution in [1.29, 1.82) is 0 Å². The van der Waals surface area contributed by atoms with Crippen molar-refractivity contribution < 1.29 is 14.4 Å². The average molecular weight is 462 g/mol. The van der Waals surface area contributed by atoms with Crippen molar-refractivity contribution >= 4 is 34.3 Å². The topological polar surface area (TPSA) is 97.5 Å². The molecule has 2 heterocycles. The van der Waals surface area contributed by atoms with Gasteiger partial charge in [0.1, 0.15) is 5.69 Å². The fourth-order valence-electron chi connectivity index (χ4n) is 4.04. The third-order valence-electron chi connectivity index (χ3n) is 5.90. The fourth-order valence-corrected chi connectivity index (χ4v) is 4.04. The van der Waals surface area contributed by atoms with E-state index in [0.717, 1.165) is 10.9 Å². The number of hydrogen-bond donors (Lipinski definition) is 3. The van der Waals surface area contributed by atoms with Crippen molar-refractivity contribution in [1.82, 2.24) is 20.1 Å². The van der Waals surface area contributed by atoms with Crippen molar-refractivity contribution in [2.45, 2.75) is 13.8 Å². The smallest absolute Gasteiger partial charge is 0.270 e. The van der Waals surface area contributed by atoms with Gasteiger partial charge in [-0.25, -0.2) is 0 Å². The maximum absolute atomic E-state index is 12.9. The first-order valence-electron chi connectivity index (χ1n) is 11.7. The van der Waals surface area contributed by atoms with Gasteiger partial charge in [0.25, 0.3) is 11.8 Å². The molecular weight excluding hydrogens is 430 g/mol. The molecule has 0 unspecified atom stereocenters. The Kier molecular flexibility index (Phi) is 7.27. The summed E-state index contributed by atoms with van der Waals surface area (Å²) in [7, 11) is 0. The molecule has 2 aromatic carbocycles. The molecule has 8 nitrogen and oxygen atoms in total. The summed E-state index contributed by atoms with van der Waals surface area (Å²) in [6, 6.07) is 16.7. The van der Waals surface area contributed by atoms with E-state index in [0.29, 0.717) is 55.6 Å². The average Bonchev–Trinajstić information content (AvgIpc) is 3.27. The van der Waals surface area contributed by atoms with Crippen LogP contribution >= 0.6 is 0 Å². The number of nitrogens with zero attached hydrogens (tertiary/aromatic N) is 2. The zero-order chi connectivity index (χ0) is 24.1. The molecule has 0 radical (unpaired) electrons. The van der Waals surface area contributed by atoms with Crippen LogP contribution < -0.4 is 10.6 Å². The fraction of sp³-hybridized carbons (Fsp3) is 0.346. The van der Waals surface area contributed by atoms with E-state index in [1.165, 1.54) is 0 Å². The third kappa shape index (κ3) is 5.63. The molecule has 34 heavy (non-hydrogen) atoms. The van der Waals surface area contributed by atoms with Crippen molar-refractivity contribution in [3.63, 3.8) is 0 Å². The zero-order valence-electron chi connectivity index (χ0n) is 19.6. The van der Waals surface area contributed by atoms with E-state index in [1.807, 2.05) is 54.0 Å². The summed E-state index contributed by atoms with van der Waals surface area (Å²) in [5.41, 5.74) is 2.48. The Morgan fingerprint density at radius 1 is 0.971 bits per heavy atom. The highest BCUT2D eigenvalue weighted by atomic mass is 16.2. The third-order valence-corrected chi connectivity index (χ3v) is 5.90. The molecule has 0 aliphatic carbocycles. The number of aromatic amines is 1. The molecule has 0 bridgehead atoms. The normalized spacial score (nSPS) is 14.4. The Hall–Kier alpha value is -3.65. The Labute approximate surface area is 199 Å². The van der Waals surface area contributed by atoms with Gasteiger partial charge in [0.15, 0.2) is 0 Å². The Morgan fingerprint density at radius 3 is 2.41 bits per heavy atom. The molecule has 3 aromatic rings. The quantitative estimate of drug-likeness (QED) is 0.504. The number of aromatic nitrogens is 1. The zero-order valence-corrected chi connectivity index (χ0v) is 19.6. The molecule has 3 N–H and O–H groups in total. The molecular formula is C26H31N5O3. The maximum Gasteiger partial charge on any atom is 0.270 e. The summed E-state index contributed by atoms with van der Waals surface area (Å²) in [5.74, 6) is -0.0674. The van der Waals surface area contributed by atoms with Gasteiger partial charge >= 0.3 is 0 Å². The number of fused-ring (bicyclic) bond motifs is 1. The lowest BCUT2D eigenvalue weighted by Gasteiger charge is -2.34. The largest absolute Gasteiger partial charge is 0.352 e. The number of amides is 3. The summed E-state index contributed by atoms with van der Waals surface area (Å²) in [6.45, 7) is 7.15. The minimum atomic E-state index is -0.200. The second-order valence-corrected chi connectivity index (χ2v) is 9.04. The number of anilines is 1. The molecule has 1 fully saturated rings. The molecule has 1 saturated heterocycles. The molecule has 1 aliphatic rings. The van der Waals surface area contributed by atoms with Crippen LogP contribution in [0.15, 0.2) is 54.6 Å². The van der Waals surface area contributed by atoms with Gasteiger partial charge in [-0.05, 0) is 30.2 Å². The van der Waals surface area contributed by atoms with Gasteiger partial charge in [0, 0.05) is 43.6 Å². The molecule has 8 heteroatoms. The van der Waals surface area contributed by atoms with Crippen LogP contribution in [-0.2, 0) is 4.79 Å². The van der Waals surface area contributed by atoms with E-state index in [-0.39, 0.29) is 24.3 Å². The van der Waals surface area contributed by atoms with E-state index in [1.54, 1.807) is 24.3 Å². The summed E-state index contributed by atoms with van der Waals surface area (Å²) in [5, 5.41) is 6.78. The lowest BCUT2D eigenvalue weighted by molar-refractivity contribution is -0.117. The number of nitrogens with one attached hydrogen (secondary N) is 3. The molecule has 3 amide bonds. The van der Waals surface area contributed by atoms with Crippen LogP contribution in [0.5, 0.6) is 0 Å². The summed E-state index contributed by atoms with van der Waals surface area (Å²) < 4.78 is 0. The minimum absolute atomic E-state index is 0.0263. The number of hydrogen-bond acceptors (Lipinski definition) is 4. The highest BCUT2D eigenvalue weighted by molar-refractivity contribution is 6.04. The van der Waals surface area contributed by atoms with Crippen LogP contribution in [0.1, 0.15) is 34.7 Å². The van der Waals surface area contributed by atoms with Gasteiger partial charge < -0.3 is 20.5 Å². The molecule has 178 valence electrons. The molecule has 1 aliphatic heterocycles. The van der Waals surface area contributed by atoms with Crippen LogP contribution in [0.3, 0.4) is 0 Å². The van der Waals surface area contributed by atoms with E-state index in [4.69, 9.17) is 0 Å². The number of piperazine rings is 1. The van der Waals surface area contributed by atoms with Crippen LogP contribution in [0.25, 0.3) is 10.9 Å². The number of rotatable bonds is 7. The molecule has 0 atom stereocenters. The number of para-hydroxylation sites is 2. The Morgan fingerprint density at radius 2 is 1.68 bits per heavy atom. The molecule has 0 saturated carbocycles. The molecule has 4 rings (SSSR count). The van der Waals surface area contributed by atoms with Crippen LogP contribution in [0.2, 0.25) is 0 Å². The first kappa shape index (κ1) is 23.5. The van der Waals surface area contributed by atoms with Gasteiger partial charge in [-0.3, -0.25) is 19.3 Å². The monoisotopic (exact) mass is 461 g/mol. The van der Waals surface area contributed by atoms with Gasteiger partial charge in [-0.2, -0.15) is 0 Å². The Bertz CT molecular complexity index is 1140. The van der Waals surface area contributed by atoms with Crippen molar-refractivity contribution in [2.75, 3.05) is 44.6 Å². The summed E-state index contributed by atoms with van der Waals surface area (Å²) >= 11 is 0. The maximum atomic E-state index is 12.9. The van der Waals surface area contributed by atoms with Gasteiger partial charge in [0.2, 0.25) is 5.91 Å². The van der Waals surface area contributed by atoms with Crippen LogP contribution in [-0.4, -0.2) is 71.8 Å². The summed E-state index contributed by atoms with van der Waals surface area (Å²) in [6.07, 6.45) is 0. The van der Waals surface area contributed by atoms with E-state index in [2.05, 4.69) is 15.6 Å². The predicted octanol–water partition coefficient (Wildman–Crippen LogP) is 2.95. The second-order valence-electron chi connectivity index (χ2n) is 9.04. The predicted molar refractivity (Wildman–Crippen MR) is 133 cm³/mol. The van der Waals surface area contributed by atoms with E-state index < -0.39 is 0 Å². The van der Waals surface area contributed by atoms with Crippen LogP contribution in [0, 0.1) is 5.92 Å². The van der Waals surface area contributed by atoms with E-state index >= 15 is 0 Å². The highest BCUT2D eigenvalue weighted by Crippen LogP contribution is 2.18. The number of H-pyrrole nitrogens is 1. The molecule has 1 aromatic heterocycles. The van der Waals surface area contributed by atoms with Gasteiger partial charge in [-0.1, -0.05) is 44.2 Å². The number of benzene rings is 2. The lowest BCUT2D eigenvalue weighted by Crippen LogP contribution is -2.50. The van der Waals surface area contributed by atoms with Crippen molar-refractivity contribution in [3.8, 4) is 0 Å². The number of carbonyl (C=O) groups is 3. The van der Waals surface area contributed by atoms with Crippen molar-refractivity contribution in [2.24, 2.45) is 5.92 Å². The van der Waals surface area contributed by atoms with Crippen molar-refractivity contribution in [3.05, 3.63) is 65.9 Å². The minimum Gasteiger partial charge on any atom is -0.352 e. The first-order valence-corrected chi connectivity index (χ1v) is 11.7. The van der Waals surface area contributed by atoms with Crippen LogP contribution in [0.4, 0.5) is 5.69 Å². The number of carbonyl (C=O) groups excluding carboxylic acids is 3. The SMILES string of the molecule is CC(C)CNC(=O)c1ccccc1NC(=O)CN1CCN(C(=O)c2cc3ccccc3[nH]2)CC1. The Balaban J connectivity index is 1.29. The second kappa shape index (κ2) is 10.5. The van der Waals surface area contributed by atoms with Gasteiger partial charge in [-0.15, -0.1) is 0 Å². The highest BCUT2D eigenvalue weighted by Gasteiger charge is 2.24. The molecule has 0 spiro atoms. The van der Waals surface area contributed by atoms with Gasteiger partial charge in [0.05, 0.1) is 17.8 Å². The van der Waals surface area contributed by atoms with E-state index in [9.17, 15) is 14.4 Å².